The van der Waals surface area contributed by atoms with Gasteiger partial charge in [0.1, 0.15) is 11.5 Å². The largest absolute Gasteiger partial charge is 0.462 e. The molecule has 8 nitrogen and oxygen atoms in total. The van der Waals surface area contributed by atoms with Gasteiger partial charge in [0.2, 0.25) is 0 Å². The average Bonchev–Trinajstić information content (AvgIpc) is 2.91. The molecular weight excluding hydrogens is 544 g/mol. The van der Waals surface area contributed by atoms with E-state index in [-0.39, 0.29) is 22.6 Å². The van der Waals surface area contributed by atoms with Gasteiger partial charge in [-0.15, -0.1) is 0 Å². The van der Waals surface area contributed by atoms with Gasteiger partial charge in [0.15, 0.2) is 0 Å². The summed E-state index contributed by atoms with van der Waals surface area (Å²) in [5.41, 5.74) is 1.09. The minimum absolute atomic E-state index is 0.193. The van der Waals surface area contributed by atoms with E-state index < -0.39 is 23.9 Å². The summed E-state index contributed by atoms with van der Waals surface area (Å²) in [4.78, 5) is 49.0. The molecule has 3 rings (SSSR count). The molecule has 0 aliphatic carbocycles. The molecule has 0 spiro atoms. The molecule has 192 valence electrons. The molecule has 37 heavy (non-hydrogen) atoms. The molecule has 0 amide bonds. The van der Waals surface area contributed by atoms with Gasteiger partial charge in [0, 0.05) is 4.47 Å². The molecule has 0 unspecified atom stereocenters. The lowest BCUT2D eigenvalue weighted by Gasteiger charge is -2.09. The number of ether oxygens (including phenoxy) is 4. The highest BCUT2D eigenvalue weighted by Gasteiger charge is 2.17. The van der Waals surface area contributed by atoms with E-state index in [0.717, 1.165) is 12.8 Å². The first-order valence-electron chi connectivity index (χ1n) is 11.6. The zero-order chi connectivity index (χ0) is 26.8. The van der Waals surface area contributed by atoms with E-state index in [2.05, 4.69) is 15.9 Å². The van der Waals surface area contributed by atoms with Crippen LogP contribution < -0.4 is 9.47 Å². The summed E-state index contributed by atoms with van der Waals surface area (Å²) in [6.07, 6.45) is 1.44. The predicted octanol–water partition coefficient (Wildman–Crippen LogP) is 6.02. The fraction of sp³-hybridized carbons (Fsp3) is 0.214. The van der Waals surface area contributed by atoms with Gasteiger partial charge in [-0.2, -0.15) is 0 Å². The van der Waals surface area contributed by atoms with Crippen molar-refractivity contribution in [3.05, 3.63) is 93.5 Å². The Hall–Kier alpha value is -3.98. The fourth-order valence-corrected chi connectivity index (χ4v) is 3.55. The molecule has 0 fully saturated rings. The Labute approximate surface area is 222 Å². The van der Waals surface area contributed by atoms with E-state index in [1.807, 2.05) is 13.8 Å². The van der Waals surface area contributed by atoms with Crippen LogP contribution in [0.4, 0.5) is 0 Å². The second-order valence-corrected chi connectivity index (χ2v) is 8.65. The highest BCUT2D eigenvalue weighted by molar-refractivity contribution is 9.10. The van der Waals surface area contributed by atoms with Crippen LogP contribution in [0.2, 0.25) is 0 Å². The molecule has 0 aromatic heterocycles. The molecule has 0 heterocycles. The first-order valence-corrected chi connectivity index (χ1v) is 12.4. The summed E-state index contributed by atoms with van der Waals surface area (Å²) in [5.74, 6) is -1.70. The van der Waals surface area contributed by atoms with Crippen molar-refractivity contribution < 1.29 is 38.1 Å². The molecule has 3 aromatic carbocycles. The van der Waals surface area contributed by atoms with Crippen molar-refractivity contribution in [1.82, 2.24) is 0 Å². The standard InChI is InChI=1S/C28H25BrO8/c1-3-15-34-25(30)18-5-10-21(11-6-18)36-27(32)20-9-14-23(24(29)17-20)28(33)37-22-12-7-19(8-13-22)26(31)35-16-4-2/h5-14,17H,3-4,15-16H2,1-2H3. The van der Waals surface area contributed by atoms with Gasteiger partial charge in [-0.05, 0) is 95.5 Å². The molecule has 0 atom stereocenters. The molecule has 0 saturated carbocycles. The van der Waals surface area contributed by atoms with Crippen molar-refractivity contribution in [2.45, 2.75) is 26.7 Å². The van der Waals surface area contributed by atoms with E-state index in [1.165, 1.54) is 66.7 Å². The van der Waals surface area contributed by atoms with Crippen molar-refractivity contribution in [1.29, 1.82) is 0 Å². The third-order valence-corrected chi connectivity index (χ3v) is 5.56. The maximum Gasteiger partial charge on any atom is 0.344 e. The van der Waals surface area contributed by atoms with Crippen LogP contribution in [0.25, 0.3) is 0 Å². The van der Waals surface area contributed by atoms with Gasteiger partial charge in [0.05, 0.1) is 35.5 Å². The minimum Gasteiger partial charge on any atom is -0.462 e. The van der Waals surface area contributed by atoms with Crippen LogP contribution in [0.1, 0.15) is 68.1 Å². The highest BCUT2D eigenvalue weighted by atomic mass is 79.9. The number of hydrogen-bond acceptors (Lipinski definition) is 8. The second kappa shape index (κ2) is 13.4. The third kappa shape index (κ3) is 7.75. The van der Waals surface area contributed by atoms with Crippen molar-refractivity contribution in [2.75, 3.05) is 13.2 Å². The second-order valence-electron chi connectivity index (χ2n) is 7.79. The van der Waals surface area contributed by atoms with E-state index >= 15 is 0 Å². The number of halogens is 1. The van der Waals surface area contributed by atoms with Crippen LogP contribution >= 0.6 is 15.9 Å². The maximum absolute atomic E-state index is 12.6. The van der Waals surface area contributed by atoms with Gasteiger partial charge >= 0.3 is 23.9 Å². The van der Waals surface area contributed by atoms with Gasteiger partial charge in [0.25, 0.3) is 0 Å². The molecule has 3 aromatic rings. The lowest BCUT2D eigenvalue weighted by atomic mass is 10.1. The van der Waals surface area contributed by atoms with Crippen molar-refractivity contribution in [3.8, 4) is 11.5 Å². The van der Waals surface area contributed by atoms with Crippen LogP contribution in [0, 0.1) is 0 Å². The van der Waals surface area contributed by atoms with Gasteiger partial charge in [-0.3, -0.25) is 0 Å². The monoisotopic (exact) mass is 568 g/mol. The van der Waals surface area contributed by atoms with Crippen LogP contribution in [0.5, 0.6) is 11.5 Å². The van der Waals surface area contributed by atoms with Crippen LogP contribution in [0.3, 0.4) is 0 Å². The van der Waals surface area contributed by atoms with E-state index in [9.17, 15) is 19.2 Å². The van der Waals surface area contributed by atoms with Gasteiger partial charge in [-0.1, -0.05) is 13.8 Å². The van der Waals surface area contributed by atoms with E-state index in [4.69, 9.17) is 18.9 Å². The first-order chi connectivity index (χ1) is 17.8. The molecule has 0 bridgehead atoms. The minimum atomic E-state index is -0.654. The molecule has 0 radical (unpaired) electrons. The zero-order valence-electron chi connectivity index (χ0n) is 20.3. The summed E-state index contributed by atoms with van der Waals surface area (Å²) < 4.78 is 21.2. The molecule has 0 saturated heterocycles. The predicted molar refractivity (Wildman–Crippen MR) is 138 cm³/mol. The lowest BCUT2D eigenvalue weighted by Crippen LogP contribution is -2.12. The summed E-state index contributed by atoms with van der Waals surface area (Å²) in [7, 11) is 0. The number of benzene rings is 3. The zero-order valence-corrected chi connectivity index (χ0v) is 21.9. The molecular formula is C28H25BrO8. The highest BCUT2D eigenvalue weighted by Crippen LogP contribution is 2.23. The molecule has 0 aliphatic rings. The van der Waals surface area contributed by atoms with Crippen molar-refractivity contribution in [2.24, 2.45) is 0 Å². The quantitative estimate of drug-likeness (QED) is 0.216. The van der Waals surface area contributed by atoms with Crippen molar-refractivity contribution in [3.63, 3.8) is 0 Å². The smallest absolute Gasteiger partial charge is 0.344 e. The van der Waals surface area contributed by atoms with Crippen LogP contribution in [-0.4, -0.2) is 37.1 Å². The average molecular weight is 569 g/mol. The third-order valence-electron chi connectivity index (χ3n) is 4.90. The fourth-order valence-electron chi connectivity index (χ4n) is 3.01. The van der Waals surface area contributed by atoms with Gasteiger partial charge in [-0.25, -0.2) is 19.2 Å². The Morgan fingerprint density at radius 1 is 0.595 bits per heavy atom. The van der Waals surface area contributed by atoms with Gasteiger partial charge < -0.3 is 18.9 Å². The molecule has 0 aliphatic heterocycles. The Morgan fingerprint density at radius 3 is 1.46 bits per heavy atom. The van der Waals surface area contributed by atoms with Crippen molar-refractivity contribution >= 4 is 39.8 Å². The Bertz CT molecular complexity index is 1270. The Kier molecular flexibility index (Phi) is 9.97. The Balaban J connectivity index is 1.61. The van der Waals surface area contributed by atoms with Crippen LogP contribution in [0.15, 0.2) is 71.2 Å². The number of rotatable bonds is 10. The summed E-state index contributed by atoms with van der Waals surface area (Å²) in [6.45, 7) is 4.46. The summed E-state index contributed by atoms with van der Waals surface area (Å²) in [6, 6.07) is 16.3. The lowest BCUT2D eigenvalue weighted by molar-refractivity contribution is 0.0496. The first kappa shape index (κ1) is 27.6. The number of carbonyl (C=O) groups excluding carboxylic acids is 4. The summed E-state index contributed by atoms with van der Waals surface area (Å²) in [5, 5.41) is 0. The Morgan fingerprint density at radius 2 is 1.03 bits per heavy atom. The van der Waals surface area contributed by atoms with E-state index in [0.29, 0.717) is 28.8 Å². The topological polar surface area (TPSA) is 105 Å². The number of carbonyl (C=O) groups is 4. The molecule has 9 heteroatoms. The summed E-state index contributed by atoms with van der Waals surface area (Å²) >= 11 is 3.29. The molecule has 0 N–H and O–H groups in total. The number of hydrogen-bond donors (Lipinski definition) is 0. The van der Waals surface area contributed by atoms with Crippen LogP contribution in [-0.2, 0) is 9.47 Å². The number of esters is 4. The SMILES string of the molecule is CCCOC(=O)c1ccc(OC(=O)c2ccc(C(=O)Oc3ccc(C(=O)OCCC)cc3)c(Br)c2)cc1. The maximum atomic E-state index is 12.6. The van der Waals surface area contributed by atoms with E-state index in [1.54, 1.807) is 0 Å². The normalized spacial score (nSPS) is 10.4.